The molecule has 2 aromatic rings. The zero-order valence-corrected chi connectivity index (χ0v) is 15.9. The van der Waals surface area contributed by atoms with E-state index in [1.807, 2.05) is 32.9 Å². The van der Waals surface area contributed by atoms with Gasteiger partial charge < -0.3 is 5.32 Å². The summed E-state index contributed by atoms with van der Waals surface area (Å²) in [5.74, 6) is -0.640. The first-order valence-electron chi connectivity index (χ1n) is 9.20. The van der Waals surface area contributed by atoms with Crippen LogP contribution in [0.2, 0.25) is 0 Å². The Kier molecular flexibility index (Phi) is 5.40. The SMILES string of the molecule is Cc1ccc([C@H](C)NC(=O)CCCN2C(=O)c3ccccc3C2=O)c(C)c1. The predicted octanol–water partition coefficient (Wildman–Crippen LogP) is 3.56. The van der Waals surface area contributed by atoms with Crippen molar-refractivity contribution in [2.45, 2.75) is 39.7 Å². The quantitative estimate of drug-likeness (QED) is 0.797. The molecule has 0 aromatic heterocycles. The number of nitrogens with one attached hydrogen (secondary N) is 1. The summed E-state index contributed by atoms with van der Waals surface area (Å²) in [6.07, 6.45) is 0.708. The lowest BCUT2D eigenvalue weighted by molar-refractivity contribution is -0.121. The van der Waals surface area contributed by atoms with Gasteiger partial charge in [-0.05, 0) is 50.5 Å². The van der Waals surface area contributed by atoms with Crippen LogP contribution in [0.1, 0.15) is 63.2 Å². The second-order valence-electron chi connectivity index (χ2n) is 7.06. The normalized spacial score (nSPS) is 14.3. The van der Waals surface area contributed by atoms with E-state index in [0.717, 1.165) is 11.1 Å². The largest absolute Gasteiger partial charge is 0.350 e. The zero-order chi connectivity index (χ0) is 19.6. The number of amides is 3. The topological polar surface area (TPSA) is 66.5 Å². The van der Waals surface area contributed by atoms with E-state index in [-0.39, 0.29) is 36.7 Å². The average Bonchev–Trinajstić information content (AvgIpc) is 2.87. The van der Waals surface area contributed by atoms with Crippen LogP contribution in [0.25, 0.3) is 0 Å². The maximum atomic E-state index is 12.3. The molecule has 2 aromatic carbocycles. The van der Waals surface area contributed by atoms with Crippen LogP contribution in [0.5, 0.6) is 0 Å². The fourth-order valence-corrected chi connectivity index (χ4v) is 3.54. The van der Waals surface area contributed by atoms with Crippen LogP contribution in [0.3, 0.4) is 0 Å². The van der Waals surface area contributed by atoms with Crippen LogP contribution in [-0.4, -0.2) is 29.2 Å². The van der Waals surface area contributed by atoms with Crippen molar-refractivity contribution < 1.29 is 14.4 Å². The van der Waals surface area contributed by atoms with Crippen LogP contribution in [0, 0.1) is 13.8 Å². The molecular weight excluding hydrogens is 340 g/mol. The molecule has 140 valence electrons. The molecule has 0 radical (unpaired) electrons. The number of hydrogen-bond acceptors (Lipinski definition) is 3. The Morgan fingerprint density at radius 2 is 1.67 bits per heavy atom. The molecular formula is C22H24N2O3. The van der Waals surface area contributed by atoms with Crippen molar-refractivity contribution in [2.75, 3.05) is 6.54 Å². The average molecular weight is 364 g/mol. The molecule has 5 heteroatoms. The van der Waals surface area contributed by atoms with E-state index < -0.39 is 0 Å². The molecule has 3 rings (SSSR count). The lowest BCUT2D eigenvalue weighted by Gasteiger charge is -2.18. The number of imide groups is 1. The molecule has 1 atom stereocenters. The number of fused-ring (bicyclic) bond motifs is 1. The van der Waals surface area contributed by atoms with E-state index in [1.54, 1.807) is 24.3 Å². The van der Waals surface area contributed by atoms with E-state index in [4.69, 9.17) is 0 Å². The molecule has 0 spiro atoms. The molecule has 3 amide bonds. The Hall–Kier alpha value is -2.95. The third-order valence-electron chi connectivity index (χ3n) is 4.93. The molecule has 0 unspecified atom stereocenters. The summed E-state index contributed by atoms with van der Waals surface area (Å²) < 4.78 is 0. The molecule has 27 heavy (non-hydrogen) atoms. The predicted molar refractivity (Wildman–Crippen MR) is 104 cm³/mol. The van der Waals surface area contributed by atoms with Gasteiger partial charge in [0.25, 0.3) is 11.8 Å². The van der Waals surface area contributed by atoms with Gasteiger partial charge in [-0.2, -0.15) is 0 Å². The molecule has 1 heterocycles. The summed E-state index contributed by atoms with van der Waals surface area (Å²) in [5.41, 5.74) is 4.31. The molecule has 5 nitrogen and oxygen atoms in total. The first-order valence-corrected chi connectivity index (χ1v) is 9.20. The molecule has 1 aliphatic heterocycles. The summed E-state index contributed by atoms with van der Waals surface area (Å²) >= 11 is 0. The summed E-state index contributed by atoms with van der Waals surface area (Å²) in [4.78, 5) is 38.1. The fourth-order valence-electron chi connectivity index (χ4n) is 3.54. The Balaban J connectivity index is 1.52. The van der Waals surface area contributed by atoms with Crippen molar-refractivity contribution in [3.63, 3.8) is 0 Å². The summed E-state index contributed by atoms with van der Waals surface area (Å²) in [7, 11) is 0. The van der Waals surface area contributed by atoms with E-state index in [9.17, 15) is 14.4 Å². The van der Waals surface area contributed by atoms with Crippen molar-refractivity contribution in [2.24, 2.45) is 0 Å². The highest BCUT2D eigenvalue weighted by Gasteiger charge is 2.34. The highest BCUT2D eigenvalue weighted by molar-refractivity contribution is 6.21. The maximum Gasteiger partial charge on any atom is 0.261 e. The van der Waals surface area contributed by atoms with Gasteiger partial charge in [-0.15, -0.1) is 0 Å². The van der Waals surface area contributed by atoms with Crippen LogP contribution >= 0.6 is 0 Å². The summed E-state index contributed by atoms with van der Waals surface area (Å²) in [5, 5.41) is 2.99. The minimum atomic E-state index is -0.278. The second-order valence-corrected chi connectivity index (χ2v) is 7.06. The number of nitrogens with zero attached hydrogens (tertiary/aromatic N) is 1. The fraction of sp³-hybridized carbons (Fsp3) is 0.318. The van der Waals surface area contributed by atoms with Crippen molar-refractivity contribution in [3.8, 4) is 0 Å². The van der Waals surface area contributed by atoms with Crippen molar-refractivity contribution in [1.82, 2.24) is 10.2 Å². The van der Waals surface area contributed by atoms with E-state index >= 15 is 0 Å². The summed E-state index contributed by atoms with van der Waals surface area (Å²) in [6.45, 7) is 6.28. The Morgan fingerprint density at radius 1 is 1.04 bits per heavy atom. The van der Waals surface area contributed by atoms with Crippen LogP contribution in [0.4, 0.5) is 0 Å². The number of hydrogen-bond donors (Lipinski definition) is 1. The number of carbonyl (C=O) groups is 3. The monoisotopic (exact) mass is 364 g/mol. The Morgan fingerprint density at radius 3 is 2.26 bits per heavy atom. The van der Waals surface area contributed by atoms with Gasteiger partial charge in [0, 0.05) is 13.0 Å². The third kappa shape index (κ3) is 3.92. The second kappa shape index (κ2) is 7.74. The number of aryl methyl sites for hydroxylation is 2. The van der Waals surface area contributed by atoms with E-state index in [1.165, 1.54) is 10.5 Å². The number of rotatable bonds is 6. The van der Waals surface area contributed by atoms with Gasteiger partial charge in [-0.1, -0.05) is 35.9 Å². The van der Waals surface area contributed by atoms with Gasteiger partial charge in [0.15, 0.2) is 0 Å². The molecule has 0 fully saturated rings. The van der Waals surface area contributed by atoms with Gasteiger partial charge in [-0.25, -0.2) is 0 Å². The van der Waals surface area contributed by atoms with Gasteiger partial charge in [-0.3, -0.25) is 19.3 Å². The highest BCUT2D eigenvalue weighted by atomic mass is 16.2. The first kappa shape index (κ1) is 18.8. The van der Waals surface area contributed by atoms with Gasteiger partial charge in [0.05, 0.1) is 17.2 Å². The molecule has 0 saturated carbocycles. The lowest BCUT2D eigenvalue weighted by Crippen LogP contribution is -2.32. The molecule has 0 bridgehead atoms. The minimum Gasteiger partial charge on any atom is -0.350 e. The third-order valence-corrected chi connectivity index (χ3v) is 4.93. The van der Waals surface area contributed by atoms with E-state index in [0.29, 0.717) is 17.5 Å². The molecule has 0 aliphatic carbocycles. The first-order chi connectivity index (χ1) is 12.9. The molecule has 1 aliphatic rings. The van der Waals surface area contributed by atoms with Crippen molar-refractivity contribution >= 4 is 17.7 Å². The Labute approximate surface area is 159 Å². The van der Waals surface area contributed by atoms with Crippen LogP contribution < -0.4 is 5.32 Å². The smallest absolute Gasteiger partial charge is 0.261 e. The van der Waals surface area contributed by atoms with Gasteiger partial charge in [0.2, 0.25) is 5.91 Å². The number of benzene rings is 2. The summed E-state index contributed by atoms with van der Waals surface area (Å²) in [6, 6.07) is 12.9. The highest BCUT2D eigenvalue weighted by Crippen LogP contribution is 2.23. The maximum absolute atomic E-state index is 12.3. The Bertz CT molecular complexity index is 869. The molecule has 1 N–H and O–H groups in total. The standard InChI is InChI=1S/C22H24N2O3/c1-14-10-11-17(15(2)13-14)16(3)23-20(25)9-6-12-24-21(26)18-7-4-5-8-19(18)22(24)27/h4-5,7-8,10-11,13,16H,6,9,12H2,1-3H3,(H,23,25)/t16-/m0/s1. The van der Waals surface area contributed by atoms with Crippen molar-refractivity contribution in [1.29, 1.82) is 0 Å². The minimum absolute atomic E-state index is 0.0842. The zero-order valence-electron chi connectivity index (χ0n) is 15.9. The lowest BCUT2D eigenvalue weighted by atomic mass is 10.00. The van der Waals surface area contributed by atoms with Crippen LogP contribution in [-0.2, 0) is 4.79 Å². The van der Waals surface area contributed by atoms with E-state index in [2.05, 4.69) is 11.4 Å². The number of carbonyl (C=O) groups excluding carboxylic acids is 3. The molecule has 0 saturated heterocycles. The van der Waals surface area contributed by atoms with Gasteiger partial charge >= 0.3 is 0 Å². The van der Waals surface area contributed by atoms with Crippen molar-refractivity contribution in [3.05, 3.63) is 70.3 Å². The van der Waals surface area contributed by atoms with Crippen LogP contribution in [0.15, 0.2) is 42.5 Å². The van der Waals surface area contributed by atoms with Gasteiger partial charge in [0.1, 0.15) is 0 Å².